The monoisotopic (exact) mass is 300 g/mol. The fourth-order valence-corrected chi connectivity index (χ4v) is 2.71. The summed E-state index contributed by atoms with van der Waals surface area (Å²) in [6.07, 6.45) is 0. The van der Waals surface area contributed by atoms with Gasteiger partial charge in [0, 0.05) is 17.2 Å². The molecule has 0 N–H and O–H groups in total. The predicted octanol–water partition coefficient (Wildman–Crippen LogP) is 2.04. The minimum absolute atomic E-state index is 0.205. The largest absolute Gasteiger partial charge is 0.267 e. The summed E-state index contributed by atoms with van der Waals surface area (Å²) in [7, 11) is 1.65. The normalized spacial score (nSPS) is 12.0. The van der Waals surface area contributed by atoms with Gasteiger partial charge in [0.05, 0.1) is 15.9 Å². The Kier molecular flexibility index (Phi) is 3.60. The van der Waals surface area contributed by atoms with Crippen LogP contribution >= 0.6 is 26.6 Å². The molecule has 4 nitrogen and oxygen atoms in total. The van der Waals surface area contributed by atoms with Gasteiger partial charge in [0.15, 0.2) is 0 Å². The van der Waals surface area contributed by atoms with Crippen LogP contribution in [0.4, 0.5) is 0 Å². The average molecular weight is 302 g/mol. The van der Waals surface area contributed by atoms with Crippen molar-refractivity contribution in [1.29, 1.82) is 0 Å². The third-order valence-corrected chi connectivity index (χ3v) is 3.74. The quantitative estimate of drug-likeness (QED) is 0.803. The summed E-state index contributed by atoms with van der Waals surface area (Å²) in [5.41, 5.74) is 1.36. The third kappa shape index (κ3) is 2.71. The van der Waals surface area contributed by atoms with Crippen LogP contribution in [0.3, 0.4) is 0 Å². The molecule has 0 atom stereocenters. The Labute approximate surface area is 95.8 Å². The lowest BCUT2D eigenvalue weighted by molar-refractivity contribution is 0.597. The van der Waals surface area contributed by atoms with Crippen molar-refractivity contribution in [3.8, 4) is 0 Å². The number of rotatable bonds is 3. The second-order valence-electron chi connectivity index (χ2n) is 2.85. The topological polar surface area (TPSA) is 52.0 Å². The molecule has 0 aliphatic rings. The maximum Gasteiger partial charge on any atom is 0.238 e. The molecule has 0 bridgehead atoms. The fraction of sp³-hybridized carbons (Fsp3) is 0.571. The van der Waals surface area contributed by atoms with E-state index < -0.39 is 9.05 Å². The van der Waals surface area contributed by atoms with E-state index in [1.54, 1.807) is 11.6 Å². The van der Waals surface area contributed by atoms with Crippen LogP contribution in [0, 0.1) is 6.92 Å². The zero-order chi connectivity index (χ0) is 10.9. The van der Waals surface area contributed by atoms with Gasteiger partial charge in [0.25, 0.3) is 0 Å². The molecule has 80 valence electrons. The molecule has 7 heteroatoms. The van der Waals surface area contributed by atoms with Crippen LogP contribution in [-0.2, 0) is 21.3 Å². The summed E-state index contributed by atoms with van der Waals surface area (Å²) < 4.78 is 24.2. The summed E-state index contributed by atoms with van der Waals surface area (Å²) in [5, 5.41) is 4.16. The summed E-state index contributed by atoms with van der Waals surface area (Å²) in [4.78, 5) is 0. The Hall–Kier alpha value is -0.0700. The van der Waals surface area contributed by atoms with Crippen molar-refractivity contribution in [3.05, 3.63) is 15.9 Å². The minimum Gasteiger partial charge on any atom is -0.267 e. The fourth-order valence-electron chi connectivity index (χ4n) is 1.17. The highest BCUT2D eigenvalue weighted by molar-refractivity contribution is 9.10. The van der Waals surface area contributed by atoms with Gasteiger partial charge in [-0.25, -0.2) is 8.42 Å². The molecule has 1 rings (SSSR count). The molecule has 0 aromatic carbocycles. The molecule has 1 aromatic rings. The van der Waals surface area contributed by atoms with Gasteiger partial charge in [-0.15, -0.1) is 0 Å². The molecule has 0 amide bonds. The Morgan fingerprint density at radius 1 is 1.57 bits per heavy atom. The zero-order valence-corrected chi connectivity index (χ0v) is 10.9. The summed E-state index contributed by atoms with van der Waals surface area (Å²) in [5.74, 6) is -0.205. The first-order valence-electron chi connectivity index (χ1n) is 3.99. The molecule has 0 radical (unpaired) electrons. The number of hydrogen-bond acceptors (Lipinski definition) is 3. The second-order valence-corrected chi connectivity index (χ2v) is 6.41. The van der Waals surface area contributed by atoms with Crippen molar-refractivity contribution in [2.24, 2.45) is 0 Å². The van der Waals surface area contributed by atoms with Crippen molar-refractivity contribution in [1.82, 2.24) is 9.78 Å². The highest BCUT2D eigenvalue weighted by Crippen LogP contribution is 2.23. The molecular formula is C7H10BrClN2O2S. The second kappa shape index (κ2) is 4.20. The van der Waals surface area contributed by atoms with E-state index in [0.717, 1.165) is 5.69 Å². The van der Waals surface area contributed by atoms with E-state index in [1.165, 1.54) is 0 Å². The Bertz CT molecular complexity index is 441. The molecule has 0 spiro atoms. The van der Waals surface area contributed by atoms with Crippen molar-refractivity contribution < 1.29 is 8.42 Å². The van der Waals surface area contributed by atoms with Gasteiger partial charge >= 0.3 is 0 Å². The van der Waals surface area contributed by atoms with Gasteiger partial charge < -0.3 is 0 Å². The van der Waals surface area contributed by atoms with Gasteiger partial charge in [0.2, 0.25) is 9.05 Å². The zero-order valence-electron chi connectivity index (χ0n) is 7.79. The highest BCUT2D eigenvalue weighted by Gasteiger charge is 2.17. The highest BCUT2D eigenvalue weighted by atomic mass is 79.9. The van der Waals surface area contributed by atoms with Crippen LogP contribution in [0.5, 0.6) is 0 Å². The Morgan fingerprint density at radius 2 is 2.14 bits per heavy atom. The summed E-state index contributed by atoms with van der Waals surface area (Å²) >= 11 is 3.29. The SMILES string of the molecule is CCn1nc(C)c(Br)c1CS(=O)(=O)Cl. The molecule has 14 heavy (non-hydrogen) atoms. The van der Waals surface area contributed by atoms with Crippen molar-refractivity contribution >= 4 is 35.7 Å². The predicted molar refractivity (Wildman–Crippen MR) is 58.8 cm³/mol. The van der Waals surface area contributed by atoms with Crippen molar-refractivity contribution in [2.75, 3.05) is 0 Å². The van der Waals surface area contributed by atoms with Crippen LogP contribution in [-0.4, -0.2) is 18.2 Å². The first kappa shape index (κ1) is 12.0. The Morgan fingerprint density at radius 3 is 2.57 bits per heavy atom. The van der Waals surface area contributed by atoms with Crippen LogP contribution in [0.15, 0.2) is 4.47 Å². The average Bonchev–Trinajstić information content (AvgIpc) is 2.30. The van der Waals surface area contributed by atoms with Gasteiger partial charge in [0.1, 0.15) is 5.75 Å². The first-order chi connectivity index (χ1) is 6.35. The molecular weight excluding hydrogens is 292 g/mol. The lowest BCUT2D eigenvalue weighted by atomic mass is 10.4. The van der Waals surface area contributed by atoms with Gasteiger partial charge in [-0.1, -0.05) is 0 Å². The van der Waals surface area contributed by atoms with Crippen LogP contribution in [0.2, 0.25) is 0 Å². The first-order valence-corrected chi connectivity index (χ1v) is 7.26. The number of halogens is 2. The molecule has 0 unspecified atom stereocenters. The number of aryl methyl sites for hydroxylation is 2. The molecule has 0 saturated heterocycles. The summed E-state index contributed by atoms with van der Waals surface area (Å²) in [6, 6.07) is 0. The standard InChI is InChI=1S/C7H10BrClN2O2S/c1-3-11-6(4-14(9,12)13)7(8)5(2)10-11/h3-4H2,1-2H3. The molecule has 0 aliphatic carbocycles. The minimum atomic E-state index is -3.54. The van der Waals surface area contributed by atoms with Crippen molar-refractivity contribution in [3.63, 3.8) is 0 Å². The lowest BCUT2D eigenvalue weighted by Crippen LogP contribution is -2.06. The molecule has 1 heterocycles. The molecule has 0 saturated carbocycles. The van der Waals surface area contributed by atoms with Crippen molar-refractivity contribution in [2.45, 2.75) is 26.1 Å². The maximum atomic E-state index is 10.9. The van der Waals surface area contributed by atoms with Crippen LogP contribution in [0.1, 0.15) is 18.3 Å². The Balaban J connectivity index is 3.18. The van der Waals surface area contributed by atoms with Crippen LogP contribution in [0.25, 0.3) is 0 Å². The van der Waals surface area contributed by atoms with Gasteiger partial charge in [-0.3, -0.25) is 4.68 Å². The van der Waals surface area contributed by atoms with Crippen LogP contribution < -0.4 is 0 Å². The van der Waals surface area contributed by atoms with E-state index in [2.05, 4.69) is 21.0 Å². The van der Waals surface area contributed by atoms with Gasteiger partial charge in [-0.2, -0.15) is 5.10 Å². The third-order valence-electron chi connectivity index (χ3n) is 1.76. The number of nitrogens with zero attached hydrogens (tertiary/aromatic N) is 2. The molecule has 0 aliphatic heterocycles. The van der Waals surface area contributed by atoms with E-state index in [1.807, 2.05) is 6.92 Å². The lowest BCUT2D eigenvalue weighted by Gasteiger charge is -2.02. The van der Waals surface area contributed by atoms with E-state index in [9.17, 15) is 8.42 Å². The summed E-state index contributed by atoms with van der Waals surface area (Å²) in [6.45, 7) is 4.32. The van der Waals surface area contributed by atoms with E-state index in [4.69, 9.17) is 10.7 Å². The van der Waals surface area contributed by atoms with E-state index in [-0.39, 0.29) is 5.75 Å². The van der Waals surface area contributed by atoms with Gasteiger partial charge in [-0.05, 0) is 29.8 Å². The van der Waals surface area contributed by atoms with E-state index >= 15 is 0 Å². The van der Waals surface area contributed by atoms with E-state index in [0.29, 0.717) is 16.7 Å². The smallest absolute Gasteiger partial charge is 0.238 e. The molecule has 1 aromatic heterocycles. The number of aromatic nitrogens is 2. The molecule has 0 fully saturated rings. The maximum absolute atomic E-state index is 10.9. The number of hydrogen-bond donors (Lipinski definition) is 0.